The number of carbonyl (C=O) groups is 2. The smallest absolute Gasteiger partial charge is 0.234 e. The van der Waals surface area contributed by atoms with Crippen LogP contribution in [-0.4, -0.2) is 50.5 Å². The van der Waals surface area contributed by atoms with E-state index in [1.807, 2.05) is 45.0 Å². The zero-order valence-electron chi connectivity index (χ0n) is 20.0. The van der Waals surface area contributed by atoms with Gasteiger partial charge in [-0.3, -0.25) is 9.59 Å². The van der Waals surface area contributed by atoms with Crippen LogP contribution in [0.2, 0.25) is 0 Å². The second kappa shape index (κ2) is 9.93. The van der Waals surface area contributed by atoms with E-state index >= 15 is 0 Å². The maximum Gasteiger partial charge on any atom is 0.234 e. The van der Waals surface area contributed by atoms with Crippen molar-refractivity contribution < 1.29 is 23.6 Å². The molecule has 0 unspecified atom stereocenters. The first-order chi connectivity index (χ1) is 16.2. The summed E-state index contributed by atoms with van der Waals surface area (Å²) in [5.41, 5.74) is 2.63. The van der Waals surface area contributed by atoms with E-state index in [2.05, 4.69) is 10.1 Å². The van der Waals surface area contributed by atoms with Crippen molar-refractivity contribution in [2.75, 3.05) is 6.54 Å². The van der Waals surface area contributed by atoms with Crippen LogP contribution in [0.4, 0.5) is 0 Å². The van der Waals surface area contributed by atoms with Crippen molar-refractivity contribution >= 4 is 11.7 Å². The molecule has 180 valence electrons. The first-order valence-corrected chi connectivity index (χ1v) is 11.7. The summed E-state index contributed by atoms with van der Waals surface area (Å²) < 4.78 is 10.7. The molecule has 1 amide bonds. The summed E-state index contributed by atoms with van der Waals surface area (Å²) in [6, 6.07) is 8.95. The Labute approximate surface area is 199 Å². The van der Waals surface area contributed by atoms with Gasteiger partial charge in [0.25, 0.3) is 0 Å². The lowest BCUT2D eigenvalue weighted by Crippen LogP contribution is -2.44. The highest BCUT2D eigenvalue weighted by Crippen LogP contribution is 2.33. The van der Waals surface area contributed by atoms with Crippen molar-refractivity contribution in [2.24, 2.45) is 5.92 Å². The Bertz CT molecular complexity index is 1120. The van der Waals surface area contributed by atoms with Crippen molar-refractivity contribution in [2.45, 2.75) is 64.5 Å². The number of likely N-dealkylation sites (tertiary alicyclic amines) is 1. The lowest BCUT2D eigenvalue weighted by Gasteiger charge is -2.29. The molecule has 8 heteroatoms. The summed E-state index contributed by atoms with van der Waals surface area (Å²) in [5, 5.41) is 14.3. The van der Waals surface area contributed by atoms with E-state index in [0.717, 1.165) is 11.1 Å². The van der Waals surface area contributed by atoms with Crippen LogP contribution in [0.3, 0.4) is 0 Å². The molecule has 0 bridgehead atoms. The molecule has 1 fully saturated rings. The fraction of sp³-hybridized carbons (Fsp3) is 0.462. The molecule has 0 spiro atoms. The summed E-state index contributed by atoms with van der Waals surface area (Å²) in [5.74, 6) is 0.288. The second-order valence-corrected chi connectivity index (χ2v) is 9.55. The van der Waals surface area contributed by atoms with Crippen molar-refractivity contribution in [3.63, 3.8) is 0 Å². The third kappa shape index (κ3) is 4.97. The van der Waals surface area contributed by atoms with Gasteiger partial charge >= 0.3 is 0 Å². The van der Waals surface area contributed by atoms with Gasteiger partial charge in [0.2, 0.25) is 5.91 Å². The zero-order valence-corrected chi connectivity index (χ0v) is 20.0. The molecule has 3 heterocycles. The number of carbonyl (C=O) groups excluding carboxylic acids is 2. The number of amides is 1. The summed E-state index contributed by atoms with van der Waals surface area (Å²) in [4.78, 5) is 32.3. The largest absolute Gasteiger partial charge is 0.444 e. The van der Waals surface area contributed by atoms with E-state index in [4.69, 9.17) is 8.94 Å². The molecule has 0 aliphatic carbocycles. The molecule has 1 aliphatic rings. The van der Waals surface area contributed by atoms with Gasteiger partial charge in [0.05, 0.1) is 24.0 Å². The SMILES string of the molecule is Cc1cc([C@H](C(=O)N2C[C@H](O)C[C@H]2C(=O)C[C@@H](C)c2ccc(-c3cnco3)cc2)C(C)C)on1. The highest BCUT2D eigenvalue weighted by molar-refractivity contribution is 5.92. The van der Waals surface area contributed by atoms with Crippen LogP contribution in [0, 0.1) is 12.8 Å². The molecule has 2 aromatic heterocycles. The van der Waals surface area contributed by atoms with Gasteiger partial charge in [-0.05, 0) is 24.3 Å². The quantitative estimate of drug-likeness (QED) is 0.533. The van der Waals surface area contributed by atoms with Gasteiger partial charge in [0.1, 0.15) is 11.7 Å². The summed E-state index contributed by atoms with van der Waals surface area (Å²) in [7, 11) is 0. The van der Waals surface area contributed by atoms with E-state index in [0.29, 0.717) is 17.2 Å². The number of rotatable bonds is 8. The second-order valence-electron chi connectivity index (χ2n) is 9.55. The number of Topliss-reactive ketones (excluding diaryl/α,β-unsaturated/α-hetero) is 1. The third-order valence-corrected chi connectivity index (χ3v) is 6.52. The Morgan fingerprint density at radius 2 is 1.94 bits per heavy atom. The normalized spacial score (nSPS) is 20.0. The summed E-state index contributed by atoms with van der Waals surface area (Å²) in [6.07, 6.45) is 2.85. The minimum atomic E-state index is -0.723. The molecule has 8 nitrogen and oxygen atoms in total. The van der Waals surface area contributed by atoms with E-state index in [1.54, 1.807) is 19.2 Å². The van der Waals surface area contributed by atoms with E-state index in [1.165, 1.54) is 11.3 Å². The number of oxazole rings is 1. The first-order valence-electron chi connectivity index (χ1n) is 11.7. The topological polar surface area (TPSA) is 110 Å². The van der Waals surface area contributed by atoms with Gasteiger partial charge in [-0.2, -0.15) is 0 Å². The van der Waals surface area contributed by atoms with Crippen molar-refractivity contribution in [1.29, 1.82) is 0 Å². The first kappa shape index (κ1) is 23.9. The number of aliphatic hydroxyl groups excluding tert-OH is 1. The standard InChI is InChI=1S/C26H31N3O5/c1-15(2)25(23-10-17(4)28-34-23)26(32)29-13-20(30)11-21(29)22(31)9-16(3)18-5-7-19(8-6-18)24-12-27-14-33-24/h5-8,10,12,14-16,20-21,25,30H,9,11,13H2,1-4H3/t16-,20-,21+,25-/m1/s1. The van der Waals surface area contributed by atoms with Crippen molar-refractivity contribution in [3.05, 3.63) is 59.9 Å². The molecule has 1 N–H and O–H groups in total. The average molecular weight is 466 g/mol. The van der Waals surface area contributed by atoms with E-state index < -0.39 is 18.1 Å². The Kier molecular flexibility index (Phi) is 6.97. The van der Waals surface area contributed by atoms with Gasteiger partial charge in [-0.25, -0.2) is 4.98 Å². The number of nitrogens with zero attached hydrogens (tertiary/aromatic N) is 3. The molecule has 0 radical (unpaired) electrons. The molecule has 1 saturated heterocycles. The number of aliphatic hydroxyl groups is 1. The predicted octanol–water partition coefficient (Wildman–Crippen LogP) is 4.10. The molecule has 4 atom stereocenters. The van der Waals surface area contributed by atoms with Crippen LogP contribution in [0.5, 0.6) is 0 Å². The maximum absolute atomic E-state index is 13.5. The fourth-order valence-corrected chi connectivity index (χ4v) is 4.70. The number of benzene rings is 1. The van der Waals surface area contributed by atoms with Crippen LogP contribution in [0.25, 0.3) is 11.3 Å². The van der Waals surface area contributed by atoms with Crippen LogP contribution in [0.1, 0.15) is 62.5 Å². The van der Waals surface area contributed by atoms with Crippen LogP contribution < -0.4 is 0 Å². The fourth-order valence-electron chi connectivity index (χ4n) is 4.70. The Morgan fingerprint density at radius 3 is 2.53 bits per heavy atom. The predicted molar refractivity (Wildman–Crippen MR) is 125 cm³/mol. The number of hydrogen-bond donors (Lipinski definition) is 1. The molecule has 1 aromatic carbocycles. The third-order valence-electron chi connectivity index (χ3n) is 6.52. The molecule has 4 rings (SSSR count). The monoisotopic (exact) mass is 465 g/mol. The Balaban J connectivity index is 1.47. The number of aromatic nitrogens is 2. The van der Waals surface area contributed by atoms with Gasteiger partial charge in [0, 0.05) is 31.0 Å². The van der Waals surface area contributed by atoms with Gasteiger partial charge in [0.15, 0.2) is 17.9 Å². The minimum absolute atomic E-state index is 0.0382. The lowest BCUT2D eigenvalue weighted by atomic mass is 9.89. The maximum atomic E-state index is 13.5. The van der Waals surface area contributed by atoms with Gasteiger partial charge in [-0.1, -0.05) is 50.2 Å². The summed E-state index contributed by atoms with van der Waals surface area (Å²) >= 11 is 0. The van der Waals surface area contributed by atoms with Crippen LogP contribution >= 0.6 is 0 Å². The van der Waals surface area contributed by atoms with Crippen LogP contribution in [-0.2, 0) is 9.59 Å². The molecular formula is C26H31N3O5. The van der Waals surface area contributed by atoms with E-state index in [9.17, 15) is 14.7 Å². The minimum Gasteiger partial charge on any atom is -0.444 e. The highest BCUT2D eigenvalue weighted by atomic mass is 16.5. The van der Waals surface area contributed by atoms with Gasteiger partial charge in [-0.15, -0.1) is 0 Å². The number of hydrogen-bond acceptors (Lipinski definition) is 7. The van der Waals surface area contributed by atoms with E-state index in [-0.39, 0.29) is 42.9 Å². The van der Waals surface area contributed by atoms with Crippen molar-refractivity contribution in [3.8, 4) is 11.3 Å². The Morgan fingerprint density at radius 1 is 1.21 bits per heavy atom. The summed E-state index contributed by atoms with van der Waals surface area (Å²) in [6.45, 7) is 7.82. The lowest BCUT2D eigenvalue weighted by molar-refractivity contribution is -0.140. The molecule has 1 aliphatic heterocycles. The number of ketones is 1. The van der Waals surface area contributed by atoms with Crippen molar-refractivity contribution in [1.82, 2.24) is 15.0 Å². The highest BCUT2D eigenvalue weighted by Gasteiger charge is 2.43. The number of aryl methyl sites for hydroxylation is 1. The zero-order chi connectivity index (χ0) is 24.4. The van der Waals surface area contributed by atoms with Gasteiger partial charge < -0.3 is 18.9 Å². The average Bonchev–Trinajstić information content (AvgIpc) is 3.55. The molecule has 3 aromatic rings. The Hall–Kier alpha value is -3.26. The molecular weight excluding hydrogens is 434 g/mol. The molecule has 34 heavy (non-hydrogen) atoms. The number of β-amino-alcohol motifs (C(OH)–C–C–N with tert-alkyl or cyclic N) is 1. The van der Waals surface area contributed by atoms with Crippen LogP contribution in [0.15, 0.2) is 51.9 Å². The molecule has 0 saturated carbocycles.